The summed E-state index contributed by atoms with van der Waals surface area (Å²) in [6.07, 6.45) is 0. The topological polar surface area (TPSA) is 62.3 Å². The molecule has 114 valence electrons. The molecule has 0 bridgehead atoms. The van der Waals surface area contributed by atoms with Gasteiger partial charge in [-0.1, -0.05) is 11.6 Å². The number of halogens is 1. The molecule has 21 heavy (non-hydrogen) atoms. The lowest BCUT2D eigenvalue weighted by atomic mass is 10.2. The molecule has 1 N–H and O–H groups in total. The van der Waals surface area contributed by atoms with Crippen molar-refractivity contribution in [2.24, 2.45) is 0 Å². The van der Waals surface area contributed by atoms with Crippen molar-refractivity contribution in [2.75, 3.05) is 19.4 Å². The number of anilines is 1. The van der Waals surface area contributed by atoms with Crippen molar-refractivity contribution in [3.05, 3.63) is 39.9 Å². The molecule has 2 aromatic rings. The average Bonchev–Trinajstić information content (AvgIpc) is 2.83. The highest BCUT2D eigenvalue weighted by atomic mass is 35.5. The fraction of sp³-hybridized carbons (Fsp3) is 0.308. The Morgan fingerprint density at radius 2 is 2.10 bits per heavy atom. The highest BCUT2D eigenvalue weighted by Gasteiger charge is 2.21. The van der Waals surface area contributed by atoms with Gasteiger partial charge in [0.05, 0.1) is 10.7 Å². The summed E-state index contributed by atoms with van der Waals surface area (Å²) in [7, 11) is -0.603. The van der Waals surface area contributed by atoms with E-state index < -0.39 is 10.0 Å². The molecule has 0 unspecified atom stereocenters. The van der Waals surface area contributed by atoms with Gasteiger partial charge in [-0.3, -0.25) is 0 Å². The molecule has 0 fully saturated rings. The van der Waals surface area contributed by atoms with Crippen LogP contribution in [0.15, 0.2) is 28.5 Å². The zero-order valence-corrected chi connectivity index (χ0v) is 14.3. The third-order valence-electron chi connectivity index (χ3n) is 3.02. The number of hydrogen-bond acceptors (Lipinski definition) is 5. The Morgan fingerprint density at radius 3 is 2.67 bits per heavy atom. The number of benzene rings is 1. The second-order valence-electron chi connectivity index (χ2n) is 4.71. The Hall–Kier alpha value is -1.15. The molecule has 0 saturated carbocycles. The maximum atomic E-state index is 12.2. The van der Waals surface area contributed by atoms with Crippen molar-refractivity contribution in [2.45, 2.75) is 18.4 Å². The molecule has 0 aliphatic heterocycles. The first-order valence-electron chi connectivity index (χ1n) is 6.18. The Bertz CT molecular complexity index is 742. The van der Waals surface area contributed by atoms with Crippen LogP contribution in [0.5, 0.6) is 0 Å². The van der Waals surface area contributed by atoms with Gasteiger partial charge in [-0.25, -0.2) is 12.7 Å². The summed E-state index contributed by atoms with van der Waals surface area (Å²) >= 11 is 7.41. The Labute approximate surface area is 133 Å². The summed E-state index contributed by atoms with van der Waals surface area (Å²) in [4.78, 5) is 0.0966. The molecule has 1 heterocycles. The quantitative estimate of drug-likeness (QED) is 0.905. The first-order valence-corrected chi connectivity index (χ1v) is 8.83. The zero-order valence-electron chi connectivity index (χ0n) is 11.9. The third kappa shape index (κ3) is 3.55. The van der Waals surface area contributed by atoms with E-state index in [1.807, 2.05) is 12.3 Å². The van der Waals surface area contributed by atoms with Crippen molar-refractivity contribution in [1.29, 1.82) is 0 Å². The lowest BCUT2D eigenvalue weighted by Gasteiger charge is -2.14. The first-order chi connectivity index (χ1) is 9.82. The third-order valence-corrected chi connectivity index (χ3v) is 6.09. The molecular weight excluding hydrogens is 330 g/mol. The second kappa shape index (κ2) is 6.31. The van der Waals surface area contributed by atoms with Crippen LogP contribution in [0.2, 0.25) is 5.02 Å². The molecular formula is C13H16ClN3O2S2. The Morgan fingerprint density at radius 1 is 1.38 bits per heavy atom. The number of hydrogen-bond donors (Lipinski definition) is 1. The fourth-order valence-electron chi connectivity index (χ4n) is 1.69. The van der Waals surface area contributed by atoms with Crippen LogP contribution in [0.25, 0.3) is 0 Å². The summed E-state index contributed by atoms with van der Waals surface area (Å²) in [6, 6.07) is 4.89. The maximum absolute atomic E-state index is 12.2. The van der Waals surface area contributed by atoms with Gasteiger partial charge in [-0.05, 0) is 36.7 Å². The minimum absolute atomic E-state index is 0.0966. The molecule has 0 saturated heterocycles. The van der Waals surface area contributed by atoms with Gasteiger partial charge >= 0.3 is 0 Å². The minimum Gasteiger partial charge on any atom is -0.381 e. The number of nitrogens with zero attached hydrogens (tertiary/aromatic N) is 2. The lowest BCUT2D eigenvalue weighted by Crippen LogP contribution is -2.22. The summed E-state index contributed by atoms with van der Waals surface area (Å²) in [6.45, 7) is 2.53. The summed E-state index contributed by atoms with van der Waals surface area (Å²) in [5.74, 6) is 0. The van der Waals surface area contributed by atoms with E-state index in [2.05, 4.69) is 9.69 Å². The van der Waals surface area contributed by atoms with Crippen molar-refractivity contribution >= 4 is 38.8 Å². The van der Waals surface area contributed by atoms with Gasteiger partial charge in [0.25, 0.3) is 0 Å². The van der Waals surface area contributed by atoms with E-state index in [0.29, 0.717) is 12.2 Å². The van der Waals surface area contributed by atoms with Crippen LogP contribution < -0.4 is 5.32 Å². The number of sulfonamides is 1. The molecule has 0 aliphatic carbocycles. The molecule has 1 aromatic heterocycles. The number of nitrogens with one attached hydrogen (secondary N) is 1. The summed E-state index contributed by atoms with van der Waals surface area (Å²) < 4.78 is 29.7. The monoisotopic (exact) mass is 345 g/mol. The van der Waals surface area contributed by atoms with E-state index in [4.69, 9.17) is 11.6 Å². The molecule has 5 nitrogen and oxygen atoms in total. The Balaban J connectivity index is 2.25. The van der Waals surface area contributed by atoms with E-state index in [0.717, 1.165) is 15.6 Å². The number of rotatable bonds is 5. The first kappa shape index (κ1) is 16.2. The van der Waals surface area contributed by atoms with Crippen LogP contribution in [-0.2, 0) is 16.6 Å². The number of aryl methyl sites for hydroxylation is 1. The zero-order chi connectivity index (χ0) is 15.6. The smallest absolute Gasteiger partial charge is 0.244 e. The van der Waals surface area contributed by atoms with E-state index >= 15 is 0 Å². The van der Waals surface area contributed by atoms with Crippen LogP contribution in [0.1, 0.15) is 11.3 Å². The largest absolute Gasteiger partial charge is 0.381 e. The van der Waals surface area contributed by atoms with Gasteiger partial charge in [-0.15, -0.1) is 0 Å². The van der Waals surface area contributed by atoms with Crippen molar-refractivity contribution in [3.8, 4) is 0 Å². The molecule has 0 atom stereocenters. The van der Waals surface area contributed by atoms with Crippen molar-refractivity contribution < 1.29 is 8.42 Å². The van der Waals surface area contributed by atoms with Gasteiger partial charge in [0, 0.05) is 37.3 Å². The molecule has 2 rings (SSSR count). The van der Waals surface area contributed by atoms with E-state index in [9.17, 15) is 8.42 Å². The highest BCUT2D eigenvalue weighted by Crippen LogP contribution is 2.27. The summed E-state index contributed by atoms with van der Waals surface area (Å²) in [5, 5.41) is 5.37. The summed E-state index contributed by atoms with van der Waals surface area (Å²) in [5.41, 5.74) is 2.76. The van der Waals surface area contributed by atoms with Crippen LogP contribution in [-0.4, -0.2) is 31.2 Å². The standard InChI is InChI=1S/C13H16ClN3O2S2/c1-9-10(8-20-16-9)7-15-11-4-5-12(14)13(6-11)21(18,19)17(2)3/h4-6,8,15H,7H2,1-3H3. The Kier molecular flexibility index (Phi) is 4.88. The fourth-order valence-corrected chi connectivity index (χ4v) is 3.79. The molecule has 0 spiro atoms. The maximum Gasteiger partial charge on any atom is 0.244 e. The number of aromatic nitrogens is 1. The molecule has 0 amide bonds. The highest BCUT2D eigenvalue weighted by molar-refractivity contribution is 7.89. The van der Waals surface area contributed by atoms with Crippen LogP contribution in [0, 0.1) is 6.92 Å². The predicted molar refractivity (Wildman–Crippen MR) is 86.5 cm³/mol. The molecule has 0 aliphatic rings. The predicted octanol–water partition coefficient (Wildman–Crippen LogP) is 2.97. The van der Waals surface area contributed by atoms with Gasteiger partial charge in [-0.2, -0.15) is 4.37 Å². The second-order valence-corrected chi connectivity index (χ2v) is 7.87. The van der Waals surface area contributed by atoms with Gasteiger partial charge < -0.3 is 5.32 Å². The van der Waals surface area contributed by atoms with E-state index in [1.165, 1.54) is 25.6 Å². The molecule has 8 heteroatoms. The SMILES string of the molecule is Cc1nscc1CNc1ccc(Cl)c(S(=O)(=O)N(C)C)c1. The average molecular weight is 346 g/mol. The van der Waals surface area contributed by atoms with E-state index in [1.54, 1.807) is 18.2 Å². The van der Waals surface area contributed by atoms with Crippen LogP contribution in [0.4, 0.5) is 5.69 Å². The lowest BCUT2D eigenvalue weighted by molar-refractivity contribution is 0.521. The van der Waals surface area contributed by atoms with Crippen LogP contribution >= 0.6 is 23.1 Å². The van der Waals surface area contributed by atoms with Gasteiger partial charge in [0.2, 0.25) is 10.0 Å². The van der Waals surface area contributed by atoms with Crippen molar-refractivity contribution in [3.63, 3.8) is 0 Å². The normalized spacial score (nSPS) is 11.9. The minimum atomic E-state index is -3.56. The van der Waals surface area contributed by atoms with E-state index in [-0.39, 0.29) is 9.92 Å². The van der Waals surface area contributed by atoms with Gasteiger partial charge in [0.1, 0.15) is 4.90 Å². The van der Waals surface area contributed by atoms with Gasteiger partial charge in [0.15, 0.2) is 0 Å². The molecule has 1 aromatic carbocycles. The molecule has 0 radical (unpaired) electrons. The van der Waals surface area contributed by atoms with Crippen molar-refractivity contribution in [1.82, 2.24) is 8.68 Å². The van der Waals surface area contributed by atoms with Crippen LogP contribution in [0.3, 0.4) is 0 Å².